The number of pyridine rings is 2. The van der Waals surface area contributed by atoms with Crippen molar-refractivity contribution in [3.05, 3.63) is 197 Å². The summed E-state index contributed by atoms with van der Waals surface area (Å²) in [4.78, 5) is 13.1. The molecule has 298 valence electrons. The molecule has 0 unspecified atom stereocenters. The normalized spacial score (nSPS) is 10.9. The molecule has 0 amide bonds. The lowest BCUT2D eigenvalue weighted by Gasteiger charge is -2.06. The average Bonchev–Trinajstić information content (AvgIpc) is 3.22. The smallest absolute Gasteiger partial charge is 0.132 e. The van der Waals surface area contributed by atoms with Crippen molar-refractivity contribution in [3.8, 4) is 24.1 Å². The first-order chi connectivity index (χ1) is 27.3. The fourth-order valence-electron chi connectivity index (χ4n) is 4.81. The van der Waals surface area contributed by atoms with E-state index in [0.29, 0.717) is 35.6 Å². The van der Waals surface area contributed by atoms with Crippen LogP contribution in [0.15, 0.2) is 157 Å². The molecule has 0 N–H and O–H groups in total. The highest BCUT2D eigenvalue weighted by Gasteiger charge is 2.06. The zero-order valence-electron chi connectivity index (χ0n) is 34.8. The van der Waals surface area contributed by atoms with Gasteiger partial charge in [0, 0.05) is 29.2 Å². The number of hydrogen-bond donors (Lipinski definition) is 0. The number of hydrogen-bond acceptors (Lipinski definition) is 3. The highest BCUT2D eigenvalue weighted by atomic mass is 35.5. The number of aromatic nitrogens is 2. The van der Waals surface area contributed by atoms with Crippen LogP contribution in [0, 0.1) is 37.3 Å². The number of terminal acetylenes is 1. The first kappa shape index (κ1) is 49.3. The number of aliphatic imine (C=N–C) groups is 1. The summed E-state index contributed by atoms with van der Waals surface area (Å²) in [6, 6.07) is 28.9. The summed E-state index contributed by atoms with van der Waals surface area (Å²) in [7, 11) is 0. The van der Waals surface area contributed by atoms with E-state index in [-0.39, 0.29) is 11.6 Å². The van der Waals surface area contributed by atoms with Gasteiger partial charge in [0.1, 0.15) is 11.6 Å². The molecule has 0 aliphatic carbocycles. The Morgan fingerprint density at radius 2 is 1.35 bits per heavy atom. The average molecular weight is 786 g/mol. The van der Waals surface area contributed by atoms with Crippen molar-refractivity contribution >= 4 is 23.4 Å². The minimum atomic E-state index is -0.229. The Bertz CT molecular complexity index is 1980. The summed E-state index contributed by atoms with van der Waals surface area (Å²) in [5, 5.41) is 0.768. The van der Waals surface area contributed by atoms with Crippen molar-refractivity contribution in [2.75, 3.05) is 0 Å². The molecule has 0 saturated heterocycles. The van der Waals surface area contributed by atoms with Crippen LogP contribution in [0.2, 0.25) is 5.02 Å². The topological polar surface area (TPSA) is 38.1 Å². The van der Waals surface area contributed by atoms with Crippen molar-refractivity contribution in [3.63, 3.8) is 0 Å². The van der Waals surface area contributed by atoms with Crippen LogP contribution in [0.25, 0.3) is 16.8 Å². The Morgan fingerprint density at radius 1 is 0.772 bits per heavy atom. The van der Waals surface area contributed by atoms with Gasteiger partial charge in [-0.05, 0) is 108 Å². The summed E-state index contributed by atoms with van der Waals surface area (Å²) in [5.41, 5.74) is 9.14. The molecule has 0 aliphatic rings. The van der Waals surface area contributed by atoms with Gasteiger partial charge in [-0.1, -0.05) is 145 Å². The maximum absolute atomic E-state index is 13.5. The maximum Gasteiger partial charge on any atom is 0.132 e. The van der Waals surface area contributed by atoms with Gasteiger partial charge in [0.15, 0.2) is 0 Å². The second-order valence-corrected chi connectivity index (χ2v) is 14.1. The molecule has 0 spiro atoms. The van der Waals surface area contributed by atoms with Gasteiger partial charge < -0.3 is 0 Å². The van der Waals surface area contributed by atoms with Crippen molar-refractivity contribution in [2.45, 2.75) is 73.8 Å². The highest BCUT2D eigenvalue weighted by molar-refractivity contribution is 6.30. The molecule has 0 atom stereocenters. The third-order valence-electron chi connectivity index (χ3n) is 8.31. The number of halogens is 3. The van der Waals surface area contributed by atoms with Gasteiger partial charge in [-0.25, -0.2) is 8.78 Å². The fourth-order valence-corrected chi connectivity index (χ4v) is 4.94. The van der Waals surface area contributed by atoms with Crippen LogP contribution in [0.4, 0.5) is 8.78 Å². The maximum atomic E-state index is 13.5. The predicted octanol–water partition coefficient (Wildman–Crippen LogP) is 14.9. The molecular formula is C51H58ClF2N3. The minimum absolute atomic E-state index is 0.171. The van der Waals surface area contributed by atoms with Crippen molar-refractivity contribution < 1.29 is 8.78 Å². The van der Waals surface area contributed by atoms with Crippen LogP contribution < -0.4 is 0 Å². The van der Waals surface area contributed by atoms with E-state index in [1.807, 2.05) is 87.1 Å². The highest BCUT2D eigenvalue weighted by Crippen LogP contribution is 2.22. The molecule has 6 heteroatoms. The van der Waals surface area contributed by atoms with E-state index in [1.54, 1.807) is 36.4 Å². The van der Waals surface area contributed by atoms with Crippen LogP contribution in [-0.4, -0.2) is 16.2 Å². The minimum Gasteiger partial charge on any atom is -0.288 e. The van der Waals surface area contributed by atoms with Gasteiger partial charge in [0.05, 0.1) is 17.9 Å². The van der Waals surface area contributed by atoms with Crippen molar-refractivity contribution in [1.82, 2.24) is 9.97 Å². The van der Waals surface area contributed by atoms with Gasteiger partial charge in [0.2, 0.25) is 0 Å². The fraction of sp³-hybridized carbons (Fsp3) is 0.235. The first-order valence-electron chi connectivity index (χ1n) is 18.9. The molecule has 0 aliphatic heterocycles. The lowest BCUT2D eigenvalue weighted by atomic mass is 10.0. The second kappa shape index (κ2) is 27.8. The summed E-state index contributed by atoms with van der Waals surface area (Å²) in [6.45, 7) is 25.0. The molecule has 3 aromatic carbocycles. The Labute approximate surface area is 346 Å². The zero-order chi connectivity index (χ0) is 42.8. The zero-order valence-corrected chi connectivity index (χ0v) is 35.5. The van der Waals surface area contributed by atoms with Crippen LogP contribution in [0.3, 0.4) is 0 Å². The molecule has 0 fully saturated rings. The van der Waals surface area contributed by atoms with Gasteiger partial charge >= 0.3 is 0 Å². The van der Waals surface area contributed by atoms with E-state index in [9.17, 15) is 8.78 Å². The Balaban J connectivity index is 0.000000383. The van der Waals surface area contributed by atoms with E-state index in [2.05, 4.69) is 94.6 Å². The standard InChI is InChI=1S/C14H18ClN.C14H14FN.C14H17N.C7H7F.C2H2/c1-4-13(11(2)3)10-16-9-12-5-7-14(15)8-6-12;1-10(2)11-7-8-14(16-9-11)12-5-3-4-6-13(12)15;1-5-7-12(6-2)14-9-8-13(10-15-14)11(3)4;1-6-2-4-7(8)5-3-6;1-2/h4-8,10-11H,9H2,1-3H3;3-10H,1-2H3;5-11H,1-2H2,3-4H3;2-5H,1H3;1-2H/b13-4+,16-10?;;12-7+;;. The molecule has 0 bridgehead atoms. The molecule has 0 radical (unpaired) electrons. The largest absolute Gasteiger partial charge is 0.288 e. The van der Waals surface area contributed by atoms with E-state index in [0.717, 1.165) is 21.9 Å². The SMILES string of the molecule is C#C.C/C=C(\C=NCc1ccc(Cl)cc1)C(C)C.C=C/C=C(\C=C)c1ccc(C(C)C)cn1.CC(C)c1ccc(-c2ccccc2F)nc1.Cc1ccc(F)cc1. The van der Waals surface area contributed by atoms with Gasteiger partial charge in [-0.15, -0.1) is 12.8 Å². The van der Waals surface area contributed by atoms with Crippen LogP contribution >= 0.6 is 11.6 Å². The molecular weight excluding hydrogens is 728 g/mol. The van der Waals surface area contributed by atoms with E-state index < -0.39 is 0 Å². The van der Waals surface area contributed by atoms with E-state index >= 15 is 0 Å². The summed E-state index contributed by atoms with van der Waals surface area (Å²) >= 11 is 5.81. The third-order valence-corrected chi connectivity index (χ3v) is 8.56. The van der Waals surface area contributed by atoms with Crippen molar-refractivity contribution in [2.24, 2.45) is 10.9 Å². The Morgan fingerprint density at radius 3 is 1.79 bits per heavy atom. The third kappa shape index (κ3) is 19.1. The first-order valence-corrected chi connectivity index (χ1v) is 19.3. The molecule has 3 nitrogen and oxygen atoms in total. The molecule has 5 rings (SSSR count). The Hall–Kier alpha value is -5.70. The van der Waals surface area contributed by atoms with Crippen molar-refractivity contribution in [1.29, 1.82) is 0 Å². The predicted molar refractivity (Wildman–Crippen MR) is 244 cm³/mol. The second-order valence-electron chi connectivity index (χ2n) is 13.6. The van der Waals surface area contributed by atoms with Gasteiger partial charge in [-0.2, -0.15) is 0 Å². The van der Waals surface area contributed by atoms with Crippen LogP contribution in [0.1, 0.15) is 88.2 Å². The molecule has 57 heavy (non-hydrogen) atoms. The van der Waals surface area contributed by atoms with Gasteiger partial charge in [0.25, 0.3) is 0 Å². The van der Waals surface area contributed by atoms with Crippen LogP contribution in [-0.2, 0) is 6.54 Å². The number of benzene rings is 3. The number of rotatable bonds is 10. The molecule has 5 aromatic rings. The molecule has 2 aromatic heterocycles. The van der Waals surface area contributed by atoms with E-state index in [1.165, 1.54) is 40.5 Å². The lowest BCUT2D eigenvalue weighted by molar-refractivity contribution is 0.627. The number of nitrogens with zero attached hydrogens (tertiary/aromatic N) is 3. The monoisotopic (exact) mass is 785 g/mol. The van der Waals surface area contributed by atoms with E-state index in [4.69, 9.17) is 11.6 Å². The molecule has 0 saturated carbocycles. The van der Waals surface area contributed by atoms with Crippen LogP contribution in [0.5, 0.6) is 0 Å². The lowest BCUT2D eigenvalue weighted by Crippen LogP contribution is -1.95. The number of aryl methyl sites for hydroxylation is 1. The quantitative estimate of drug-likeness (QED) is 0.0803. The van der Waals surface area contributed by atoms with Gasteiger partial charge in [-0.3, -0.25) is 15.0 Å². The summed E-state index contributed by atoms with van der Waals surface area (Å²) in [5.74, 6) is 1.09. The number of allylic oxidation sites excluding steroid dienone is 6. The summed E-state index contributed by atoms with van der Waals surface area (Å²) in [6.07, 6.45) is 21.2. The Kier molecular flexibility index (Phi) is 24.1. The molecule has 2 heterocycles. The summed E-state index contributed by atoms with van der Waals surface area (Å²) < 4.78 is 25.6.